The Morgan fingerprint density at radius 1 is 0.857 bits per heavy atom. The summed E-state index contributed by atoms with van der Waals surface area (Å²) in [6, 6.07) is 0. The molecule has 0 atom stereocenters. The summed E-state index contributed by atoms with van der Waals surface area (Å²) in [5.74, 6) is 0. The van der Waals surface area contributed by atoms with Crippen molar-refractivity contribution in [3.8, 4) is 0 Å². The lowest BCUT2D eigenvalue weighted by molar-refractivity contribution is 0.772. The molecule has 0 heteroatoms. The standard InChI is InChI=1S/C5H12.C4H8.C3H8.C2H6/c1-3-5-4-2;1-3-4-2;1-3-2;1-2/h3-5H2,1-2H3;3H,1,4H2,2H3;3H2,1-2H3;1-2H3. The van der Waals surface area contributed by atoms with Crippen LogP contribution in [0, 0.1) is 0 Å². The molecule has 0 N–H and O–H groups in total. The predicted molar refractivity (Wildman–Crippen MR) is 73.0 cm³/mol. The van der Waals surface area contributed by atoms with Crippen molar-refractivity contribution >= 4 is 0 Å². The number of hydrogen-bond acceptors (Lipinski definition) is 0. The Morgan fingerprint density at radius 2 is 1.07 bits per heavy atom. The first-order valence-electron chi connectivity index (χ1n) is 6.35. The smallest absolute Gasteiger partial charge is 0.0382 e. The molecule has 0 aliphatic heterocycles. The molecular formula is C14H34. The Bertz CT molecular complexity index is 44.0. The lowest BCUT2D eigenvalue weighted by Gasteiger charge is -1.79. The van der Waals surface area contributed by atoms with Gasteiger partial charge in [0, 0.05) is 0 Å². The van der Waals surface area contributed by atoms with Gasteiger partial charge < -0.3 is 0 Å². The molecule has 0 spiro atoms. The topological polar surface area (TPSA) is 0 Å². The van der Waals surface area contributed by atoms with E-state index < -0.39 is 0 Å². The van der Waals surface area contributed by atoms with Crippen molar-refractivity contribution in [1.29, 1.82) is 0 Å². The highest BCUT2D eigenvalue weighted by Gasteiger charge is 1.68. The van der Waals surface area contributed by atoms with Crippen LogP contribution in [0.4, 0.5) is 0 Å². The molecule has 0 aliphatic rings. The maximum atomic E-state index is 3.48. The Labute approximate surface area is 93.8 Å². The fourth-order valence-electron chi connectivity index (χ4n) is 0.354. The van der Waals surface area contributed by atoms with Crippen molar-refractivity contribution in [1.82, 2.24) is 0 Å². The SMILES string of the molecule is C=CCC.CC.CCC.CCCCC. The van der Waals surface area contributed by atoms with Crippen LogP contribution in [0.25, 0.3) is 0 Å². The molecule has 0 aromatic carbocycles. The number of unbranched alkanes of at least 4 members (excludes halogenated alkanes) is 2. The highest BCUT2D eigenvalue weighted by Crippen LogP contribution is 1.88. The van der Waals surface area contributed by atoms with Crippen LogP contribution in [0.5, 0.6) is 0 Å². The second-order valence-electron chi connectivity index (χ2n) is 2.76. The second-order valence-corrected chi connectivity index (χ2v) is 2.76. The summed E-state index contributed by atoms with van der Waals surface area (Å²) < 4.78 is 0. The maximum Gasteiger partial charge on any atom is -0.0382 e. The molecule has 0 amide bonds. The van der Waals surface area contributed by atoms with Crippen LogP contribution >= 0.6 is 0 Å². The highest BCUT2D eigenvalue weighted by atomic mass is 13.7. The van der Waals surface area contributed by atoms with Crippen LogP contribution in [0.15, 0.2) is 12.7 Å². The van der Waals surface area contributed by atoms with E-state index >= 15 is 0 Å². The summed E-state index contributed by atoms with van der Waals surface area (Å²) in [6.45, 7) is 18.2. The van der Waals surface area contributed by atoms with Gasteiger partial charge in [-0.1, -0.05) is 80.2 Å². The zero-order valence-electron chi connectivity index (χ0n) is 11.8. The van der Waals surface area contributed by atoms with E-state index in [-0.39, 0.29) is 0 Å². The molecular weight excluding hydrogens is 168 g/mol. The fourth-order valence-corrected chi connectivity index (χ4v) is 0.354. The monoisotopic (exact) mass is 202 g/mol. The number of allylic oxidation sites excluding steroid dienone is 1. The molecule has 0 rings (SSSR count). The minimum atomic E-state index is 1.08. The molecule has 0 radical (unpaired) electrons. The van der Waals surface area contributed by atoms with Crippen LogP contribution in [0.2, 0.25) is 0 Å². The van der Waals surface area contributed by atoms with Gasteiger partial charge in [-0.05, 0) is 6.42 Å². The summed E-state index contributed by atoms with van der Waals surface area (Å²) in [5.41, 5.74) is 0. The first kappa shape index (κ1) is 23.5. The Kier molecular flexibility index (Phi) is 89.5. The molecule has 0 aromatic rings. The van der Waals surface area contributed by atoms with E-state index in [4.69, 9.17) is 0 Å². The Balaban J connectivity index is -0.0000000505. The van der Waals surface area contributed by atoms with Gasteiger partial charge in [-0.25, -0.2) is 0 Å². The zero-order chi connectivity index (χ0) is 12.2. The van der Waals surface area contributed by atoms with Crippen molar-refractivity contribution in [2.75, 3.05) is 0 Å². The minimum Gasteiger partial charge on any atom is -0.103 e. The predicted octanol–water partition coefficient (Wildman–Crippen LogP) is 6.22. The summed E-state index contributed by atoms with van der Waals surface area (Å²) in [5, 5.41) is 0. The molecule has 14 heavy (non-hydrogen) atoms. The molecule has 0 saturated carbocycles. The third-order valence-electron chi connectivity index (χ3n) is 0.996. The minimum absolute atomic E-state index is 1.08. The normalized spacial score (nSPS) is 6.50. The molecule has 0 aromatic heterocycles. The number of hydrogen-bond donors (Lipinski definition) is 0. The van der Waals surface area contributed by atoms with Gasteiger partial charge in [0.15, 0.2) is 0 Å². The van der Waals surface area contributed by atoms with E-state index in [2.05, 4.69) is 41.2 Å². The van der Waals surface area contributed by atoms with E-state index in [0.717, 1.165) is 6.42 Å². The van der Waals surface area contributed by atoms with Crippen molar-refractivity contribution < 1.29 is 0 Å². The number of rotatable bonds is 3. The molecule has 0 heterocycles. The van der Waals surface area contributed by atoms with Gasteiger partial charge >= 0.3 is 0 Å². The van der Waals surface area contributed by atoms with Gasteiger partial charge in [0.2, 0.25) is 0 Å². The van der Waals surface area contributed by atoms with E-state index in [0.29, 0.717) is 0 Å². The average molecular weight is 202 g/mol. The Hall–Kier alpha value is -0.260. The van der Waals surface area contributed by atoms with Crippen LogP contribution in [0.1, 0.15) is 80.6 Å². The van der Waals surface area contributed by atoms with Crippen LogP contribution in [-0.2, 0) is 0 Å². The van der Waals surface area contributed by atoms with E-state index in [1.54, 1.807) is 0 Å². The van der Waals surface area contributed by atoms with Crippen LogP contribution in [-0.4, -0.2) is 0 Å². The third-order valence-corrected chi connectivity index (χ3v) is 0.996. The Morgan fingerprint density at radius 3 is 1.07 bits per heavy atom. The van der Waals surface area contributed by atoms with E-state index in [9.17, 15) is 0 Å². The van der Waals surface area contributed by atoms with Crippen LogP contribution < -0.4 is 0 Å². The van der Waals surface area contributed by atoms with Gasteiger partial charge in [0.05, 0.1) is 0 Å². The zero-order valence-corrected chi connectivity index (χ0v) is 11.8. The van der Waals surface area contributed by atoms with Crippen LogP contribution in [0.3, 0.4) is 0 Å². The summed E-state index contributed by atoms with van der Waals surface area (Å²) in [6.07, 6.45) is 8.28. The lowest BCUT2D eigenvalue weighted by Crippen LogP contribution is -1.59. The molecule has 0 fully saturated rings. The summed E-state index contributed by atoms with van der Waals surface area (Å²) in [7, 11) is 0. The van der Waals surface area contributed by atoms with Crippen molar-refractivity contribution in [3.05, 3.63) is 12.7 Å². The first-order chi connectivity index (χ1) is 6.74. The van der Waals surface area contributed by atoms with Crippen molar-refractivity contribution in [3.63, 3.8) is 0 Å². The maximum absolute atomic E-state index is 3.48. The largest absolute Gasteiger partial charge is 0.103 e. The van der Waals surface area contributed by atoms with E-state index in [1.165, 1.54) is 25.7 Å². The average Bonchev–Trinajstić information content (AvgIpc) is 2.24. The molecule has 0 unspecified atom stereocenters. The van der Waals surface area contributed by atoms with Gasteiger partial charge in [-0.15, -0.1) is 6.58 Å². The molecule has 90 valence electrons. The van der Waals surface area contributed by atoms with Gasteiger partial charge in [-0.2, -0.15) is 0 Å². The quantitative estimate of drug-likeness (QED) is 0.476. The molecule has 0 saturated heterocycles. The van der Waals surface area contributed by atoms with Gasteiger partial charge in [-0.3, -0.25) is 0 Å². The summed E-state index contributed by atoms with van der Waals surface area (Å²) in [4.78, 5) is 0. The lowest BCUT2D eigenvalue weighted by atomic mass is 10.3. The fraction of sp³-hybridized carbons (Fsp3) is 0.857. The van der Waals surface area contributed by atoms with Crippen molar-refractivity contribution in [2.24, 2.45) is 0 Å². The van der Waals surface area contributed by atoms with Gasteiger partial charge in [0.1, 0.15) is 0 Å². The van der Waals surface area contributed by atoms with E-state index in [1.807, 2.05) is 19.9 Å². The molecule has 0 bridgehead atoms. The first-order valence-corrected chi connectivity index (χ1v) is 6.35. The molecule has 0 aliphatic carbocycles. The van der Waals surface area contributed by atoms with Gasteiger partial charge in [0.25, 0.3) is 0 Å². The second kappa shape index (κ2) is 53.3. The third kappa shape index (κ3) is 180. The summed E-state index contributed by atoms with van der Waals surface area (Å²) >= 11 is 0. The highest BCUT2D eigenvalue weighted by molar-refractivity contribution is 4.60. The van der Waals surface area contributed by atoms with Crippen molar-refractivity contribution in [2.45, 2.75) is 80.6 Å². The molecule has 0 nitrogen and oxygen atoms in total.